The first kappa shape index (κ1) is 20.8. The van der Waals surface area contributed by atoms with E-state index in [-0.39, 0.29) is 12.2 Å². The van der Waals surface area contributed by atoms with Crippen LogP contribution in [0.3, 0.4) is 0 Å². The first-order chi connectivity index (χ1) is 12.6. The highest BCUT2D eigenvalue weighted by Crippen LogP contribution is 2.13. The van der Waals surface area contributed by atoms with Gasteiger partial charge in [-0.25, -0.2) is 14.8 Å². The molecule has 2 rings (SSSR count). The van der Waals surface area contributed by atoms with Gasteiger partial charge < -0.3 is 25.0 Å². The minimum Gasteiger partial charge on any atom is -0.475 e. The van der Waals surface area contributed by atoms with Gasteiger partial charge in [-0.05, 0) is 40.2 Å². The lowest BCUT2D eigenvalue weighted by Crippen LogP contribution is -2.53. The van der Waals surface area contributed by atoms with E-state index in [2.05, 4.69) is 9.98 Å². The number of carbonyl (C=O) groups is 1. The summed E-state index contributed by atoms with van der Waals surface area (Å²) in [5, 5.41) is 0. The Morgan fingerprint density at radius 1 is 1.22 bits per heavy atom. The molecule has 2 heterocycles. The quantitative estimate of drug-likeness (QED) is 0.639. The third-order valence-corrected chi connectivity index (χ3v) is 3.83. The summed E-state index contributed by atoms with van der Waals surface area (Å²) < 4.78 is 10.9. The van der Waals surface area contributed by atoms with Crippen molar-refractivity contribution in [1.82, 2.24) is 14.8 Å². The van der Waals surface area contributed by atoms with Gasteiger partial charge in [0.15, 0.2) is 5.96 Å². The number of guanidine groups is 1. The highest BCUT2D eigenvalue weighted by molar-refractivity contribution is 5.78. The molecule has 1 saturated heterocycles. The largest absolute Gasteiger partial charge is 0.475 e. The molecule has 2 N–H and O–H groups in total. The Morgan fingerprint density at radius 2 is 1.85 bits per heavy atom. The number of ether oxygens (including phenoxy) is 2. The first-order valence-corrected chi connectivity index (χ1v) is 9.28. The Kier molecular flexibility index (Phi) is 6.87. The third kappa shape index (κ3) is 6.96. The van der Waals surface area contributed by atoms with Crippen molar-refractivity contribution in [3.05, 3.63) is 23.9 Å². The fraction of sp³-hybridized carbons (Fsp3) is 0.632. The van der Waals surface area contributed by atoms with E-state index in [1.165, 1.54) is 0 Å². The third-order valence-electron chi connectivity index (χ3n) is 3.83. The van der Waals surface area contributed by atoms with Gasteiger partial charge in [-0.15, -0.1) is 0 Å². The van der Waals surface area contributed by atoms with Crippen molar-refractivity contribution in [3.8, 4) is 5.88 Å². The molecule has 1 amide bonds. The summed E-state index contributed by atoms with van der Waals surface area (Å²) in [7, 11) is 0. The molecule has 0 radical (unpaired) electrons. The zero-order valence-corrected chi connectivity index (χ0v) is 16.9. The molecule has 0 aliphatic carbocycles. The van der Waals surface area contributed by atoms with Crippen molar-refractivity contribution in [1.29, 1.82) is 0 Å². The molecule has 8 nitrogen and oxygen atoms in total. The number of aliphatic imine (C=N–C) groups is 1. The van der Waals surface area contributed by atoms with Crippen molar-refractivity contribution in [2.24, 2.45) is 10.7 Å². The number of pyridine rings is 1. The SMILES string of the molecule is CC(C)Oc1ccc(CN=C(N)N2CCN(C(=O)OC(C)(C)C)CC2)cn1. The van der Waals surface area contributed by atoms with Crippen molar-refractivity contribution in [2.75, 3.05) is 26.2 Å². The van der Waals surface area contributed by atoms with Crippen LogP contribution in [0, 0.1) is 0 Å². The molecule has 1 aromatic heterocycles. The second-order valence-corrected chi connectivity index (χ2v) is 7.80. The molecule has 1 aromatic rings. The molecule has 1 aliphatic heterocycles. The van der Waals surface area contributed by atoms with E-state index in [4.69, 9.17) is 15.2 Å². The smallest absolute Gasteiger partial charge is 0.410 e. The summed E-state index contributed by atoms with van der Waals surface area (Å²) in [6.45, 7) is 12.4. The van der Waals surface area contributed by atoms with Crippen LogP contribution >= 0.6 is 0 Å². The van der Waals surface area contributed by atoms with Crippen molar-refractivity contribution in [3.63, 3.8) is 0 Å². The van der Waals surface area contributed by atoms with E-state index in [0.29, 0.717) is 44.6 Å². The average Bonchev–Trinajstić information content (AvgIpc) is 2.59. The Balaban J connectivity index is 1.82. The molecule has 0 saturated carbocycles. The van der Waals surface area contributed by atoms with Gasteiger partial charge in [0.25, 0.3) is 0 Å². The number of carbonyl (C=O) groups excluding carboxylic acids is 1. The van der Waals surface area contributed by atoms with Crippen LogP contribution < -0.4 is 10.5 Å². The molecular weight excluding hydrogens is 346 g/mol. The maximum atomic E-state index is 12.1. The van der Waals surface area contributed by atoms with Gasteiger partial charge in [-0.1, -0.05) is 6.07 Å². The lowest BCUT2D eigenvalue weighted by atomic mass is 10.2. The molecule has 1 fully saturated rings. The van der Waals surface area contributed by atoms with Crippen molar-refractivity contribution >= 4 is 12.1 Å². The Labute approximate surface area is 161 Å². The molecule has 27 heavy (non-hydrogen) atoms. The lowest BCUT2D eigenvalue weighted by Gasteiger charge is -2.36. The summed E-state index contributed by atoms with van der Waals surface area (Å²) in [5.41, 5.74) is 6.58. The van der Waals surface area contributed by atoms with E-state index in [1.54, 1.807) is 11.1 Å². The summed E-state index contributed by atoms with van der Waals surface area (Å²) in [6, 6.07) is 3.77. The number of rotatable bonds is 4. The van der Waals surface area contributed by atoms with Gasteiger partial charge in [0, 0.05) is 38.4 Å². The molecule has 0 unspecified atom stereocenters. The first-order valence-electron chi connectivity index (χ1n) is 9.28. The van der Waals surface area contributed by atoms with E-state index in [9.17, 15) is 4.79 Å². The standard InChI is InChI=1S/C19H31N5O3/c1-14(2)26-16-7-6-15(12-21-16)13-22-17(20)23-8-10-24(11-9-23)18(25)27-19(3,4)5/h6-7,12,14H,8-11,13H2,1-5H3,(H2,20,22). The Hall–Kier alpha value is -2.51. The highest BCUT2D eigenvalue weighted by atomic mass is 16.6. The summed E-state index contributed by atoms with van der Waals surface area (Å²) >= 11 is 0. The van der Waals surface area contributed by atoms with Gasteiger partial charge >= 0.3 is 6.09 Å². The normalized spacial score (nSPS) is 15.9. The average molecular weight is 377 g/mol. The summed E-state index contributed by atoms with van der Waals surface area (Å²) in [5.74, 6) is 1.07. The number of piperazine rings is 1. The summed E-state index contributed by atoms with van der Waals surface area (Å²) in [4.78, 5) is 24.5. The molecule has 0 aromatic carbocycles. The van der Waals surface area contributed by atoms with Crippen LogP contribution in [-0.4, -0.2) is 64.7 Å². The molecule has 0 spiro atoms. The minimum atomic E-state index is -0.488. The lowest BCUT2D eigenvalue weighted by molar-refractivity contribution is 0.0186. The monoisotopic (exact) mass is 377 g/mol. The number of aromatic nitrogens is 1. The van der Waals surface area contributed by atoms with E-state index < -0.39 is 5.60 Å². The van der Waals surface area contributed by atoms with E-state index in [0.717, 1.165) is 5.56 Å². The topological polar surface area (TPSA) is 93.3 Å². The van der Waals surface area contributed by atoms with Crippen molar-refractivity contribution < 1.29 is 14.3 Å². The fourth-order valence-corrected chi connectivity index (χ4v) is 2.53. The predicted octanol–water partition coefficient (Wildman–Crippen LogP) is 2.24. The fourth-order valence-electron chi connectivity index (χ4n) is 2.53. The van der Waals surface area contributed by atoms with Gasteiger partial charge in [-0.3, -0.25) is 0 Å². The van der Waals surface area contributed by atoms with Gasteiger partial charge in [0.1, 0.15) is 5.60 Å². The molecule has 8 heteroatoms. The number of nitrogens with two attached hydrogens (primary N) is 1. The maximum Gasteiger partial charge on any atom is 0.410 e. The molecular formula is C19H31N5O3. The van der Waals surface area contributed by atoms with Gasteiger partial charge in [-0.2, -0.15) is 0 Å². The number of hydrogen-bond donors (Lipinski definition) is 1. The van der Waals surface area contributed by atoms with Gasteiger partial charge in [0.2, 0.25) is 5.88 Å². The van der Waals surface area contributed by atoms with Crippen LogP contribution in [-0.2, 0) is 11.3 Å². The van der Waals surface area contributed by atoms with Gasteiger partial charge in [0.05, 0.1) is 12.6 Å². The molecule has 0 bridgehead atoms. The van der Waals surface area contributed by atoms with Crippen LogP contribution in [0.1, 0.15) is 40.2 Å². The zero-order valence-electron chi connectivity index (χ0n) is 16.9. The number of amides is 1. The van der Waals surface area contributed by atoms with E-state index in [1.807, 2.05) is 51.7 Å². The van der Waals surface area contributed by atoms with E-state index >= 15 is 0 Å². The Morgan fingerprint density at radius 3 is 2.37 bits per heavy atom. The molecule has 150 valence electrons. The second-order valence-electron chi connectivity index (χ2n) is 7.80. The van der Waals surface area contributed by atoms with Crippen LogP contribution in [0.5, 0.6) is 5.88 Å². The van der Waals surface area contributed by atoms with Crippen LogP contribution in [0.4, 0.5) is 4.79 Å². The highest BCUT2D eigenvalue weighted by Gasteiger charge is 2.26. The van der Waals surface area contributed by atoms with Crippen LogP contribution in [0.15, 0.2) is 23.3 Å². The zero-order chi connectivity index (χ0) is 20.0. The van der Waals surface area contributed by atoms with Crippen molar-refractivity contribution in [2.45, 2.75) is 52.9 Å². The molecule has 1 aliphatic rings. The minimum absolute atomic E-state index is 0.0939. The molecule has 0 atom stereocenters. The van der Waals surface area contributed by atoms with Crippen LogP contribution in [0.2, 0.25) is 0 Å². The maximum absolute atomic E-state index is 12.1. The van der Waals surface area contributed by atoms with Crippen LogP contribution in [0.25, 0.3) is 0 Å². The summed E-state index contributed by atoms with van der Waals surface area (Å²) in [6.07, 6.45) is 1.55. The number of hydrogen-bond acceptors (Lipinski definition) is 5. The second kappa shape index (κ2) is 8.92. The Bertz CT molecular complexity index is 644. The predicted molar refractivity (Wildman–Crippen MR) is 105 cm³/mol. The number of nitrogens with zero attached hydrogens (tertiary/aromatic N) is 4.